The van der Waals surface area contributed by atoms with E-state index < -0.39 is 0 Å². The highest BCUT2D eigenvalue weighted by atomic mass is 35.5. The first-order valence-corrected chi connectivity index (χ1v) is 6.61. The number of para-hydroxylation sites is 1. The van der Waals surface area contributed by atoms with E-state index in [0.29, 0.717) is 10.6 Å². The molecule has 0 amide bonds. The number of aldehydes is 1. The molecule has 0 spiro atoms. The summed E-state index contributed by atoms with van der Waals surface area (Å²) in [6.07, 6.45) is 1.84. The first kappa shape index (κ1) is 13.6. The second-order valence-corrected chi connectivity index (χ2v) is 4.78. The molecule has 0 heterocycles. The molecular weight excluding hydrogens is 258 g/mol. The zero-order chi connectivity index (χ0) is 13.8. The molecule has 0 saturated carbocycles. The summed E-state index contributed by atoms with van der Waals surface area (Å²) in [7, 11) is 1.91. The lowest BCUT2D eigenvalue weighted by atomic mass is 10.1. The van der Waals surface area contributed by atoms with Crippen molar-refractivity contribution < 1.29 is 4.79 Å². The van der Waals surface area contributed by atoms with Crippen LogP contribution in [-0.2, 0) is 6.42 Å². The van der Waals surface area contributed by atoms with Crippen LogP contribution < -0.4 is 4.90 Å². The Bertz CT molecular complexity index is 578. The third kappa shape index (κ3) is 2.79. The molecule has 0 N–H and O–H groups in total. The molecule has 3 heteroatoms. The van der Waals surface area contributed by atoms with Gasteiger partial charge in [-0.2, -0.15) is 0 Å². The van der Waals surface area contributed by atoms with Gasteiger partial charge in [-0.1, -0.05) is 36.7 Å². The molecule has 2 aromatic carbocycles. The van der Waals surface area contributed by atoms with E-state index in [1.165, 1.54) is 5.56 Å². The molecule has 98 valence electrons. The van der Waals surface area contributed by atoms with Crippen LogP contribution in [0.4, 0.5) is 11.4 Å². The van der Waals surface area contributed by atoms with Crippen LogP contribution >= 0.6 is 11.6 Å². The van der Waals surface area contributed by atoms with Crippen LogP contribution in [-0.4, -0.2) is 13.3 Å². The molecule has 0 atom stereocenters. The molecule has 0 radical (unpaired) electrons. The molecule has 2 aromatic rings. The summed E-state index contributed by atoms with van der Waals surface area (Å²) >= 11 is 6.21. The third-order valence-electron chi connectivity index (χ3n) is 3.21. The van der Waals surface area contributed by atoms with Gasteiger partial charge >= 0.3 is 0 Å². The van der Waals surface area contributed by atoms with E-state index in [2.05, 4.69) is 19.1 Å². The van der Waals surface area contributed by atoms with Crippen molar-refractivity contribution >= 4 is 29.3 Å². The minimum atomic E-state index is 0.576. The Labute approximate surface area is 118 Å². The Hall–Kier alpha value is -1.80. The highest BCUT2D eigenvalue weighted by Crippen LogP contribution is 2.33. The predicted molar refractivity (Wildman–Crippen MR) is 80.7 cm³/mol. The second-order valence-electron chi connectivity index (χ2n) is 4.37. The fourth-order valence-corrected chi connectivity index (χ4v) is 2.37. The van der Waals surface area contributed by atoms with Crippen LogP contribution in [0, 0.1) is 0 Å². The fourth-order valence-electron chi connectivity index (χ4n) is 2.07. The van der Waals surface area contributed by atoms with Gasteiger partial charge in [0, 0.05) is 18.3 Å². The maximum Gasteiger partial charge on any atom is 0.152 e. The van der Waals surface area contributed by atoms with Crippen LogP contribution in [0.15, 0.2) is 42.5 Å². The summed E-state index contributed by atoms with van der Waals surface area (Å²) in [5, 5.41) is 0.576. The number of aryl methyl sites for hydroxylation is 1. The number of hydrogen-bond donors (Lipinski definition) is 0. The molecule has 0 fully saturated rings. The lowest BCUT2D eigenvalue weighted by Gasteiger charge is -2.22. The highest BCUT2D eigenvalue weighted by Gasteiger charge is 2.12. The van der Waals surface area contributed by atoms with Gasteiger partial charge in [-0.3, -0.25) is 4.79 Å². The van der Waals surface area contributed by atoms with Gasteiger partial charge in [0.05, 0.1) is 10.7 Å². The van der Waals surface area contributed by atoms with E-state index in [1.54, 1.807) is 18.2 Å². The lowest BCUT2D eigenvalue weighted by molar-refractivity contribution is 0.112. The minimum absolute atomic E-state index is 0.576. The number of anilines is 2. The summed E-state index contributed by atoms with van der Waals surface area (Å²) in [6, 6.07) is 13.6. The summed E-state index contributed by atoms with van der Waals surface area (Å²) in [4.78, 5) is 13.1. The average Bonchev–Trinajstić information content (AvgIpc) is 2.46. The van der Waals surface area contributed by atoms with Gasteiger partial charge in [0.25, 0.3) is 0 Å². The summed E-state index contributed by atoms with van der Waals surface area (Å²) in [5.74, 6) is 0. The molecule has 0 aromatic heterocycles. The minimum Gasteiger partial charge on any atom is -0.343 e. The van der Waals surface area contributed by atoms with Gasteiger partial charge in [-0.05, 0) is 36.2 Å². The molecule has 0 aliphatic heterocycles. The van der Waals surface area contributed by atoms with Crippen LogP contribution in [0.25, 0.3) is 0 Å². The molecular formula is C16H16ClNO. The molecule has 0 bridgehead atoms. The first-order valence-electron chi connectivity index (χ1n) is 6.23. The number of benzene rings is 2. The number of hydrogen-bond acceptors (Lipinski definition) is 2. The summed E-state index contributed by atoms with van der Waals surface area (Å²) in [6.45, 7) is 2.12. The van der Waals surface area contributed by atoms with Crippen molar-refractivity contribution in [1.29, 1.82) is 0 Å². The molecule has 0 saturated heterocycles. The topological polar surface area (TPSA) is 20.3 Å². The van der Waals surface area contributed by atoms with Gasteiger partial charge in [-0.25, -0.2) is 0 Å². The number of rotatable bonds is 4. The summed E-state index contributed by atoms with van der Waals surface area (Å²) in [5.41, 5.74) is 3.62. The van der Waals surface area contributed by atoms with Gasteiger partial charge in [-0.15, -0.1) is 0 Å². The monoisotopic (exact) mass is 273 g/mol. The van der Waals surface area contributed by atoms with Crippen LogP contribution in [0.1, 0.15) is 22.8 Å². The fraction of sp³-hybridized carbons (Fsp3) is 0.188. The van der Waals surface area contributed by atoms with E-state index in [0.717, 1.165) is 24.1 Å². The standard InChI is InChI=1S/C16H16ClNO/c1-3-12-7-9-14(10-8-12)18(2)16-13(11-19)5-4-6-15(16)17/h4-11H,3H2,1-2H3. The van der Waals surface area contributed by atoms with Crippen molar-refractivity contribution in [3.63, 3.8) is 0 Å². The van der Waals surface area contributed by atoms with Crippen molar-refractivity contribution in [2.75, 3.05) is 11.9 Å². The quantitative estimate of drug-likeness (QED) is 0.766. The number of carbonyl (C=O) groups excluding carboxylic acids is 1. The van der Waals surface area contributed by atoms with Crippen molar-refractivity contribution in [1.82, 2.24) is 0 Å². The van der Waals surface area contributed by atoms with Gasteiger partial charge in [0.15, 0.2) is 6.29 Å². The van der Waals surface area contributed by atoms with Crippen molar-refractivity contribution in [2.24, 2.45) is 0 Å². The van der Waals surface area contributed by atoms with Crippen molar-refractivity contribution in [2.45, 2.75) is 13.3 Å². The third-order valence-corrected chi connectivity index (χ3v) is 3.52. The second kappa shape index (κ2) is 5.89. The van der Waals surface area contributed by atoms with E-state index in [1.807, 2.05) is 24.1 Å². The number of halogens is 1. The van der Waals surface area contributed by atoms with E-state index in [-0.39, 0.29) is 0 Å². The Kier molecular flexibility index (Phi) is 4.23. The number of carbonyl (C=O) groups is 1. The van der Waals surface area contributed by atoms with Crippen molar-refractivity contribution in [3.05, 3.63) is 58.6 Å². The maximum absolute atomic E-state index is 11.1. The smallest absolute Gasteiger partial charge is 0.152 e. The lowest BCUT2D eigenvalue weighted by Crippen LogP contribution is -2.12. The average molecular weight is 274 g/mol. The highest BCUT2D eigenvalue weighted by molar-refractivity contribution is 6.34. The van der Waals surface area contributed by atoms with Crippen LogP contribution in [0.5, 0.6) is 0 Å². The van der Waals surface area contributed by atoms with E-state index >= 15 is 0 Å². The molecule has 19 heavy (non-hydrogen) atoms. The summed E-state index contributed by atoms with van der Waals surface area (Å²) < 4.78 is 0. The Morgan fingerprint density at radius 2 is 1.84 bits per heavy atom. The van der Waals surface area contributed by atoms with Gasteiger partial charge in [0.2, 0.25) is 0 Å². The Morgan fingerprint density at radius 3 is 2.42 bits per heavy atom. The van der Waals surface area contributed by atoms with Crippen LogP contribution in [0.3, 0.4) is 0 Å². The maximum atomic E-state index is 11.1. The zero-order valence-corrected chi connectivity index (χ0v) is 11.8. The van der Waals surface area contributed by atoms with Gasteiger partial charge in [0.1, 0.15) is 0 Å². The van der Waals surface area contributed by atoms with E-state index in [4.69, 9.17) is 11.6 Å². The zero-order valence-electron chi connectivity index (χ0n) is 11.1. The normalized spacial score (nSPS) is 10.3. The van der Waals surface area contributed by atoms with Gasteiger partial charge < -0.3 is 4.90 Å². The molecule has 2 rings (SSSR count). The molecule has 2 nitrogen and oxygen atoms in total. The Balaban J connectivity index is 2.43. The Morgan fingerprint density at radius 1 is 1.16 bits per heavy atom. The number of nitrogens with zero attached hydrogens (tertiary/aromatic N) is 1. The molecule has 0 aliphatic rings. The molecule has 0 unspecified atom stereocenters. The SMILES string of the molecule is CCc1ccc(N(C)c2c(Cl)cccc2C=O)cc1. The predicted octanol–water partition coefficient (Wildman–Crippen LogP) is 4.48. The van der Waals surface area contributed by atoms with Crippen molar-refractivity contribution in [3.8, 4) is 0 Å². The van der Waals surface area contributed by atoms with Crippen LogP contribution in [0.2, 0.25) is 5.02 Å². The van der Waals surface area contributed by atoms with E-state index in [9.17, 15) is 4.79 Å². The molecule has 0 aliphatic carbocycles. The largest absolute Gasteiger partial charge is 0.343 e. The first-order chi connectivity index (χ1) is 9.17.